The van der Waals surface area contributed by atoms with E-state index in [-0.39, 0.29) is 17.1 Å². The summed E-state index contributed by atoms with van der Waals surface area (Å²) in [5.41, 5.74) is 2.69. The zero-order valence-electron chi connectivity index (χ0n) is 12.8. The van der Waals surface area contributed by atoms with Crippen molar-refractivity contribution >= 4 is 5.91 Å². The van der Waals surface area contributed by atoms with Gasteiger partial charge in [-0.15, -0.1) is 0 Å². The molecule has 1 amide bonds. The number of benzene rings is 1. The molecule has 1 aromatic carbocycles. The number of rotatable bonds is 7. The molecule has 0 aliphatic carbocycles. The van der Waals surface area contributed by atoms with Crippen LogP contribution in [0.2, 0.25) is 0 Å². The predicted octanol–water partition coefficient (Wildman–Crippen LogP) is 0.870. The molecule has 2 rings (SSSR count). The highest BCUT2D eigenvalue weighted by molar-refractivity contribution is 5.94. The van der Waals surface area contributed by atoms with Gasteiger partial charge < -0.3 is 15.5 Å². The van der Waals surface area contributed by atoms with E-state index in [4.69, 9.17) is 5.21 Å². The summed E-state index contributed by atoms with van der Waals surface area (Å²) in [7, 11) is 0. The minimum absolute atomic E-state index is 0.165. The molecule has 128 valence electrons. The molecule has 0 fully saturated rings. The number of hydrogen-bond acceptors (Lipinski definition) is 6. The van der Waals surface area contributed by atoms with Gasteiger partial charge >= 0.3 is 0 Å². The Bertz CT molecular complexity index is 707. The standard InChI is InChI=1S/C16H18FN3O4/c17-12-3-1-10(2-4-12)5-6-18-7-11-8-19-14(16(23)20-24)15(22)13(11)9-21/h1-4,8,18,21-22,24H,5-7,9H2,(H,20,23). The Morgan fingerprint density at radius 3 is 2.58 bits per heavy atom. The first-order valence-electron chi connectivity index (χ1n) is 7.27. The number of amides is 1. The van der Waals surface area contributed by atoms with Crippen LogP contribution >= 0.6 is 0 Å². The van der Waals surface area contributed by atoms with E-state index in [1.165, 1.54) is 23.8 Å². The van der Waals surface area contributed by atoms with Gasteiger partial charge in [0.15, 0.2) is 11.4 Å². The van der Waals surface area contributed by atoms with Gasteiger partial charge in [-0.05, 0) is 36.2 Å². The smallest absolute Gasteiger partial charge is 0.297 e. The van der Waals surface area contributed by atoms with E-state index in [0.29, 0.717) is 25.1 Å². The molecule has 0 unspecified atom stereocenters. The first kappa shape index (κ1) is 17.8. The number of hydroxylamine groups is 1. The number of carbonyl (C=O) groups excluding carboxylic acids is 1. The molecule has 2 aromatic rings. The summed E-state index contributed by atoms with van der Waals surface area (Å²) in [6.45, 7) is 0.434. The highest BCUT2D eigenvalue weighted by atomic mass is 19.1. The van der Waals surface area contributed by atoms with Crippen LogP contribution in [-0.4, -0.2) is 32.9 Å². The molecule has 5 N–H and O–H groups in total. The fourth-order valence-corrected chi connectivity index (χ4v) is 2.23. The lowest BCUT2D eigenvalue weighted by atomic mass is 10.1. The number of nitrogens with one attached hydrogen (secondary N) is 2. The summed E-state index contributed by atoms with van der Waals surface area (Å²) in [6, 6.07) is 6.19. The van der Waals surface area contributed by atoms with Crippen LogP contribution in [0.25, 0.3) is 0 Å². The topological polar surface area (TPSA) is 115 Å². The van der Waals surface area contributed by atoms with Crippen LogP contribution in [-0.2, 0) is 19.6 Å². The molecule has 0 atom stereocenters. The van der Waals surface area contributed by atoms with Crippen LogP contribution in [0.1, 0.15) is 27.2 Å². The van der Waals surface area contributed by atoms with Gasteiger partial charge in [-0.1, -0.05) is 12.1 Å². The van der Waals surface area contributed by atoms with Crippen molar-refractivity contribution in [3.8, 4) is 5.75 Å². The summed E-state index contributed by atoms with van der Waals surface area (Å²) < 4.78 is 12.8. The molecular formula is C16H18FN3O4. The Balaban J connectivity index is 1.98. The first-order chi connectivity index (χ1) is 11.6. The lowest BCUT2D eigenvalue weighted by molar-refractivity contribution is 0.0697. The van der Waals surface area contributed by atoms with Gasteiger partial charge in [0.1, 0.15) is 5.82 Å². The molecular weight excluding hydrogens is 317 g/mol. The molecule has 1 heterocycles. The van der Waals surface area contributed by atoms with Crippen molar-refractivity contribution in [2.75, 3.05) is 6.54 Å². The van der Waals surface area contributed by atoms with E-state index in [9.17, 15) is 19.4 Å². The van der Waals surface area contributed by atoms with Crippen molar-refractivity contribution in [2.45, 2.75) is 19.6 Å². The Labute approximate surface area is 137 Å². The number of aliphatic hydroxyl groups is 1. The van der Waals surface area contributed by atoms with E-state index in [2.05, 4.69) is 10.3 Å². The van der Waals surface area contributed by atoms with Crippen LogP contribution in [0.5, 0.6) is 5.75 Å². The second-order valence-electron chi connectivity index (χ2n) is 5.11. The lowest BCUT2D eigenvalue weighted by Crippen LogP contribution is -2.22. The van der Waals surface area contributed by atoms with Crippen molar-refractivity contribution in [1.82, 2.24) is 15.8 Å². The van der Waals surface area contributed by atoms with Crippen LogP contribution in [0.15, 0.2) is 30.5 Å². The van der Waals surface area contributed by atoms with Crippen molar-refractivity contribution in [3.63, 3.8) is 0 Å². The number of halogens is 1. The maximum absolute atomic E-state index is 12.8. The van der Waals surface area contributed by atoms with Gasteiger partial charge in [-0.3, -0.25) is 10.0 Å². The molecule has 0 saturated carbocycles. The molecule has 24 heavy (non-hydrogen) atoms. The average molecular weight is 335 g/mol. The number of nitrogens with zero attached hydrogens (tertiary/aromatic N) is 1. The largest absolute Gasteiger partial charge is 0.505 e. The van der Waals surface area contributed by atoms with Gasteiger partial charge in [0.05, 0.1) is 6.61 Å². The molecule has 8 heteroatoms. The monoisotopic (exact) mass is 335 g/mol. The summed E-state index contributed by atoms with van der Waals surface area (Å²) in [5, 5.41) is 31.1. The minimum atomic E-state index is -0.960. The normalized spacial score (nSPS) is 10.6. The lowest BCUT2D eigenvalue weighted by Gasteiger charge is -2.12. The highest BCUT2D eigenvalue weighted by Crippen LogP contribution is 2.24. The number of aromatic hydroxyl groups is 1. The second kappa shape index (κ2) is 8.34. The van der Waals surface area contributed by atoms with E-state index < -0.39 is 18.3 Å². The fourth-order valence-electron chi connectivity index (χ4n) is 2.23. The minimum Gasteiger partial charge on any atom is -0.505 e. The third-order valence-electron chi connectivity index (χ3n) is 3.54. The molecule has 1 aromatic heterocycles. The predicted molar refractivity (Wildman–Crippen MR) is 82.9 cm³/mol. The third-order valence-corrected chi connectivity index (χ3v) is 3.54. The fraction of sp³-hybridized carbons (Fsp3) is 0.250. The Kier molecular flexibility index (Phi) is 6.19. The SMILES string of the molecule is O=C(NO)c1ncc(CNCCc2ccc(F)cc2)c(CO)c1O. The van der Waals surface area contributed by atoms with Crippen LogP contribution < -0.4 is 10.8 Å². The third kappa shape index (κ3) is 4.25. The zero-order chi connectivity index (χ0) is 17.5. The van der Waals surface area contributed by atoms with Gasteiger partial charge in [0.25, 0.3) is 5.91 Å². The maximum atomic E-state index is 12.8. The van der Waals surface area contributed by atoms with Crippen molar-refractivity contribution in [2.24, 2.45) is 0 Å². The van der Waals surface area contributed by atoms with Crippen LogP contribution in [0.4, 0.5) is 4.39 Å². The average Bonchev–Trinajstić information content (AvgIpc) is 2.59. The number of carbonyl (C=O) groups is 1. The Hall–Kier alpha value is -2.55. The quantitative estimate of drug-likeness (QED) is 0.291. The number of aliphatic hydroxyl groups excluding tert-OH is 1. The Morgan fingerprint density at radius 1 is 1.25 bits per heavy atom. The molecule has 7 nitrogen and oxygen atoms in total. The van der Waals surface area contributed by atoms with Gasteiger partial charge in [0.2, 0.25) is 0 Å². The van der Waals surface area contributed by atoms with E-state index >= 15 is 0 Å². The van der Waals surface area contributed by atoms with E-state index in [0.717, 1.165) is 5.56 Å². The number of pyridine rings is 1. The summed E-state index contributed by atoms with van der Waals surface area (Å²) in [5.74, 6) is -1.72. The van der Waals surface area contributed by atoms with E-state index in [1.54, 1.807) is 12.1 Å². The summed E-state index contributed by atoms with van der Waals surface area (Å²) in [4.78, 5) is 15.1. The van der Waals surface area contributed by atoms with Crippen molar-refractivity contribution in [1.29, 1.82) is 0 Å². The second-order valence-corrected chi connectivity index (χ2v) is 5.11. The van der Waals surface area contributed by atoms with Crippen molar-refractivity contribution < 1.29 is 24.6 Å². The molecule has 0 spiro atoms. The zero-order valence-corrected chi connectivity index (χ0v) is 12.8. The van der Waals surface area contributed by atoms with Crippen molar-refractivity contribution in [3.05, 3.63) is 58.7 Å². The Morgan fingerprint density at radius 2 is 1.96 bits per heavy atom. The molecule has 0 bridgehead atoms. The molecule has 0 saturated heterocycles. The van der Waals surface area contributed by atoms with Gasteiger partial charge in [0, 0.05) is 18.3 Å². The molecule has 0 radical (unpaired) electrons. The first-order valence-corrected chi connectivity index (χ1v) is 7.27. The van der Waals surface area contributed by atoms with Gasteiger partial charge in [-0.25, -0.2) is 14.9 Å². The summed E-state index contributed by atoms with van der Waals surface area (Å²) >= 11 is 0. The van der Waals surface area contributed by atoms with E-state index in [1.807, 2.05) is 0 Å². The maximum Gasteiger partial charge on any atom is 0.297 e. The molecule has 0 aliphatic heterocycles. The summed E-state index contributed by atoms with van der Waals surface area (Å²) in [6.07, 6.45) is 2.03. The van der Waals surface area contributed by atoms with Gasteiger partial charge in [-0.2, -0.15) is 0 Å². The number of hydrogen-bond donors (Lipinski definition) is 5. The van der Waals surface area contributed by atoms with Crippen LogP contribution in [0, 0.1) is 5.82 Å². The molecule has 0 aliphatic rings. The van der Waals surface area contributed by atoms with Crippen LogP contribution in [0.3, 0.4) is 0 Å². The number of aromatic nitrogens is 1. The highest BCUT2D eigenvalue weighted by Gasteiger charge is 2.18.